The number of hydrogen-bond acceptors (Lipinski definition) is 6. The van der Waals surface area contributed by atoms with Crippen LogP contribution in [0.1, 0.15) is 20.8 Å². The minimum Gasteiger partial charge on any atom is -0.497 e. The fourth-order valence-electron chi connectivity index (χ4n) is 4.04. The molecule has 0 bridgehead atoms. The van der Waals surface area contributed by atoms with Gasteiger partial charge >= 0.3 is 0 Å². The molecule has 0 aliphatic heterocycles. The van der Waals surface area contributed by atoms with Gasteiger partial charge in [0.15, 0.2) is 0 Å². The summed E-state index contributed by atoms with van der Waals surface area (Å²) >= 11 is 0. The standard InChI is InChI=1S/C25H25N7O/c1-25(2,3)32-22-8-6-16(17-14-27-24(26)28-15-17)12-20(22)30-23(32)19-13-18(33-4)7-9-21(19)31-11-5-10-29-31/h5-15H,1-4H3,(H2,26,27,28). The maximum Gasteiger partial charge on any atom is 0.219 e. The van der Waals surface area contributed by atoms with Crippen molar-refractivity contribution in [2.24, 2.45) is 0 Å². The molecule has 0 saturated heterocycles. The first-order chi connectivity index (χ1) is 15.8. The molecular formula is C25H25N7O. The van der Waals surface area contributed by atoms with Crippen LogP contribution >= 0.6 is 0 Å². The second kappa shape index (κ2) is 7.74. The number of nitrogens with two attached hydrogens (primary N) is 1. The van der Waals surface area contributed by atoms with Crippen LogP contribution in [0.5, 0.6) is 5.75 Å². The van der Waals surface area contributed by atoms with E-state index in [-0.39, 0.29) is 11.5 Å². The summed E-state index contributed by atoms with van der Waals surface area (Å²) in [5.74, 6) is 1.85. The first-order valence-electron chi connectivity index (χ1n) is 10.6. The molecule has 0 unspecified atom stereocenters. The Bertz CT molecular complexity index is 1430. The molecule has 0 saturated carbocycles. The number of fused-ring (bicyclic) bond motifs is 1. The van der Waals surface area contributed by atoms with Gasteiger partial charge in [-0.3, -0.25) is 0 Å². The van der Waals surface area contributed by atoms with Gasteiger partial charge in [0, 0.05) is 41.5 Å². The maximum atomic E-state index is 5.65. The Morgan fingerprint density at radius 1 is 0.970 bits per heavy atom. The molecule has 5 aromatic rings. The largest absolute Gasteiger partial charge is 0.497 e. The highest BCUT2D eigenvalue weighted by Crippen LogP contribution is 2.37. The van der Waals surface area contributed by atoms with Crippen LogP contribution in [0.15, 0.2) is 67.3 Å². The quantitative estimate of drug-likeness (QED) is 0.436. The van der Waals surface area contributed by atoms with Crippen molar-refractivity contribution in [1.82, 2.24) is 29.3 Å². The molecule has 0 aliphatic carbocycles. The van der Waals surface area contributed by atoms with Gasteiger partial charge in [-0.25, -0.2) is 19.6 Å². The zero-order chi connectivity index (χ0) is 23.2. The van der Waals surface area contributed by atoms with Crippen molar-refractivity contribution in [3.63, 3.8) is 0 Å². The van der Waals surface area contributed by atoms with E-state index in [1.165, 1.54) is 0 Å². The zero-order valence-electron chi connectivity index (χ0n) is 19.0. The lowest BCUT2D eigenvalue weighted by Crippen LogP contribution is -2.23. The summed E-state index contributed by atoms with van der Waals surface area (Å²) in [6, 6.07) is 14.1. The number of methoxy groups -OCH3 is 1. The van der Waals surface area contributed by atoms with Crippen molar-refractivity contribution in [1.29, 1.82) is 0 Å². The molecule has 33 heavy (non-hydrogen) atoms. The highest BCUT2D eigenvalue weighted by Gasteiger charge is 2.25. The van der Waals surface area contributed by atoms with Gasteiger partial charge in [-0.1, -0.05) is 6.07 Å². The fraction of sp³-hybridized carbons (Fsp3) is 0.200. The number of rotatable bonds is 4. The summed E-state index contributed by atoms with van der Waals surface area (Å²) < 4.78 is 9.65. The molecule has 3 aromatic heterocycles. The number of benzene rings is 2. The van der Waals surface area contributed by atoms with E-state index in [2.05, 4.69) is 58.6 Å². The molecule has 0 amide bonds. The minimum atomic E-state index is -0.222. The molecule has 3 heterocycles. The van der Waals surface area contributed by atoms with Gasteiger partial charge < -0.3 is 15.0 Å². The predicted molar refractivity (Wildman–Crippen MR) is 129 cm³/mol. The lowest BCUT2D eigenvalue weighted by Gasteiger charge is -2.25. The van der Waals surface area contributed by atoms with E-state index in [4.69, 9.17) is 15.5 Å². The molecular weight excluding hydrogens is 414 g/mol. The summed E-state index contributed by atoms with van der Waals surface area (Å²) in [5, 5.41) is 4.45. The highest BCUT2D eigenvalue weighted by molar-refractivity contribution is 5.87. The van der Waals surface area contributed by atoms with Gasteiger partial charge in [0.1, 0.15) is 11.6 Å². The molecule has 2 aromatic carbocycles. The maximum absolute atomic E-state index is 5.65. The summed E-state index contributed by atoms with van der Waals surface area (Å²) in [6.07, 6.45) is 7.14. The van der Waals surface area contributed by atoms with Crippen molar-refractivity contribution in [2.45, 2.75) is 26.3 Å². The Morgan fingerprint density at radius 3 is 2.42 bits per heavy atom. The number of nitrogens with zero attached hydrogens (tertiary/aromatic N) is 6. The predicted octanol–water partition coefficient (Wildman–Crippen LogP) is 4.69. The number of nitrogen functional groups attached to an aromatic ring is 1. The molecule has 0 radical (unpaired) electrons. The SMILES string of the molecule is COc1ccc(-n2cccn2)c(-c2nc3cc(-c4cnc(N)nc4)ccc3n2C(C)(C)C)c1. The summed E-state index contributed by atoms with van der Waals surface area (Å²) in [5.41, 5.74) is 11.1. The van der Waals surface area contributed by atoms with E-state index in [9.17, 15) is 0 Å². The van der Waals surface area contributed by atoms with Crippen LogP contribution in [0.25, 0.3) is 39.2 Å². The molecule has 0 aliphatic rings. The van der Waals surface area contributed by atoms with Crippen LogP contribution in [0.3, 0.4) is 0 Å². The van der Waals surface area contributed by atoms with Crippen molar-refractivity contribution in [3.05, 3.63) is 67.3 Å². The first kappa shape index (κ1) is 20.7. The van der Waals surface area contributed by atoms with Gasteiger partial charge in [-0.2, -0.15) is 5.10 Å². The minimum absolute atomic E-state index is 0.222. The fourth-order valence-corrected chi connectivity index (χ4v) is 4.04. The second-order valence-electron chi connectivity index (χ2n) is 8.81. The summed E-state index contributed by atoms with van der Waals surface area (Å²) in [7, 11) is 1.67. The topological polar surface area (TPSA) is 96.7 Å². The number of aromatic nitrogens is 6. The third-order valence-corrected chi connectivity index (χ3v) is 5.53. The van der Waals surface area contributed by atoms with E-state index in [1.807, 2.05) is 35.1 Å². The molecule has 8 heteroatoms. The van der Waals surface area contributed by atoms with E-state index in [0.29, 0.717) is 0 Å². The monoisotopic (exact) mass is 439 g/mol. The molecule has 2 N–H and O–H groups in total. The molecule has 5 rings (SSSR count). The van der Waals surface area contributed by atoms with Crippen LogP contribution < -0.4 is 10.5 Å². The Kier molecular flexibility index (Phi) is 4.85. The van der Waals surface area contributed by atoms with E-state index >= 15 is 0 Å². The second-order valence-corrected chi connectivity index (χ2v) is 8.81. The van der Waals surface area contributed by atoms with Crippen molar-refractivity contribution < 1.29 is 4.74 Å². The Labute approximate surface area is 191 Å². The number of anilines is 1. The Hall–Kier alpha value is -4.20. The van der Waals surface area contributed by atoms with Crippen LogP contribution in [0.2, 0.25) is 0 Å². The van der Waals surface area contributed by atoms with Crippen LogP contribution in [-0.4, -0.2) is 36.4 Å². The average molecular weight is 440 g/mol. The zero-order valence-corrected chi connectivity index (χ0v) is 19.0. The third kappa shape index (κ3) is 3.69. The number of ether oxygens (including phenoxy) is 1. The van der Waals surface area contributed by atoms with Gasteiger partial charge in [0.05, 0.1) is 23.8 Å². The average Bonchev–Trinajstić information content (AvgIpc) is 3.46. The van der Waals surface area contributed by atoms with Crippen LogP contribution in [0, 0.1) is 0 Å². The van der Waals surface area contributed by atoms with E-state index in [1.54, 1.807) is 25.7 Å². The normalized spacial score (nSPS) is 11.8. The van der Waals surface area contributed by atoms with Crippen molar-refractivity contribution in [3.8, 4) is 34.0 Å². The van der Waals surface area contributed by atoms with E-state index in [0.717, 1.165) is 45.0 Å². The lowest BCUT2D eigenvalue weighted by molar-refractivity contribution is 0.410. The molecule has 8 nitrogen and oxygen atoms in total. The molecule has 0 spiro atoms. The first-order valence-corrected chi connectivity index (χ1v) is 10.6. The molecule has 0 atom stereocenters. The highest BCUT2D eigenvalue weighted by atomic mass is 16.5. The summed E-state index contributed by atoms with van der Waals surface area (Å²) in [4.78, 5) is 13.3. The van der Waals surface area contributed by atoms with Gasteiger partial charge in [0.25, 0.3) is 0 Å². The van der Waals surface area contributed by atoms with Crippen LogP contribution in [-0.2, 0) is 5.54 Å². The third-order valence-electron chi connectivity index (χ3n) is 5.53. The number of hydrogen-bond donors (Lipinski definition) is 1. The lowest BCUT2D eigenvalue weighted by atomic mass is 10.0. The smallest absolute Gasteiger partial charge is 0.219 e. The van der Waals surface area contributed by atoms with Gasteiger partial charge in [0.2, 0.25) is 5.95 Å². The molecule has 0 fully saturated rings. The van der Waals surface area contributed by atoms with Gasteiger partial charge in [-0.05, 0) is 62.7 Å². The molecule has 166 valence electrons. The van der Waals surface area contributed by atoms with Crippen molar-refractivity contribution >= 4 is 17.0 Å². The Balaban J connectivity index is 1.77. The van der Waals surface area contributed by atoms with Gasteiger partial charge in [-0.15, -0.1) is 0 Å². The van der Waals surface area contributed by atoms with Crippen LogP contribution in [0.4, 0.5) is 5.95 Å². The van der Waals surface area contributed by atoms with Crippen molar-refractivity contribution in [2.75, 3.05) is 12.8 Å². The van der Waals surface area contributed by atoms with E-state index < -0.39 is 0 Å². The Morgan fingerprint density at radius 2 is 1.76 bits per heavy atom. The number of imidazole rings is 1. The summed E-state index contributed by atoms with van der Waals surface area (Å²) in [6.45, 7) is 6.52.